The van der Waals surface area contributed by atoms with Gasteiger partial charge in [-0.1, -0.05) is 6.08 Å². The van der Waals surface area contributed by atoms with Gasteiger partial charge in [-0.05, 0) is 26.7 Å². The van der Waals surface area contributed by atoms with Crippen LogP contribution in [0.5, 0.6) is 0 Å². The van der Waals surface area contributed by atoms with Gasteiger partial charge >= 0.3 is 5.97 Å². The van der Waals surface area contributed by atoms with Crippen LogP contribution in [0.3, 0.4) is 0 Å². The van der Waals surface area contributed by atoms with Gasteiger partial charge in [0, 0.05) is 6.08 Å². The highest BCUT2D eigenvalue weighted by Crippen LogP contribution is 2.17. The van der Waals surface area contributed by atoms with Gasteiger partial charge in [0.15, 0.2) is 6.29 Å². The SMILES string of the molecule is CCOC(=O)/C=C\CC[C@H]1O[C@@H](C)OC[C@H]1O. The maximum absolute atomic E-state index is 11.0. The van der Waals surface area contributed by atoms with Crippen LogP contribution in [0, 0.1) is 0 Å². The van der Waals surface area contributed by atoms with Crippen LogP contribution in [-0.2, 0) is 19.0 Å². The Hall–Kier alpha value is -0.910. The first-order valence-corrected chi connectivity index (χ1v) is 5.92. The smallest absolute Gasteiger partial charge is 0.330 e. The second kappa shape index (κ2) is 7.42. The molecule has 3 atom stereocenters. The van der Waals surface area contributed by atoms with E-state index in [1.54, 1.807) is 19.9 Å². The van der Waals surface area contributed by atoms with E-state index in [2.05, 4.69) is 0 Å². The number of esters is 1. The van der Waals surface area contributed by atoms with E-state index in [0.29, 0.717) is 26.1 Å². The van der Waals surface area contributed by atoms with Crippen molar-refractivity contribution in [2.75, 3.05) is 13.2 Å². The van der Waals surface area contributed by atoms with Crippen molar-refractivity contribution in [2.45, 2.75) is 45.2 Å². The molecule has 0 aromatic heterocycles. The molecule has 1 N–H and O–H groups in total. The van der Waals surface area contributed by atoms with Crippen LogP contribution in [0.15, 0.2) is 12.2 Å². The van der Waals surface area contributed by atoms with Gasteiger partial charge in [-0.3, -0.25) is 0 Å². The molecule has 1 heterocycles. The van der Waals surface area contributed by atoms with Crippen molar-refractivity contribution < 1.29 is 24.1 Å². The number of hydrogen-bond acceptors (Lipinski definition) is 5. The normalized spacial score (nSPS) is 29.5. The Balaban J connectivity index is 2.23. The number of carbonyl (C=O) groups is 1. The minimum atomic E-state index is -0.595. The third-order valence-corrected chi connectivity index (χ3v) is 2.46. The number of aliphatic hydroxyl groups is 1. The molecule has 0 aromatic carbocycles. The van der Waals surface area contributed by atoms with Crippen LogP contribution in [0.2, 0.25) is 0 Å². The molecule has 0 spiro atoms. The minimum absolute atomic E-state index is 0.231. The van der Waals surface area contributed by atoms with Crippen molar-refractivity contribution in [3.63, 3.8) is 0 Å². The van der Waals surface area contributed by atoms with Crippen molar-refractivity contribution >= 4 is 5.97 Å². The lowest BCUT2D eigenvalue weighted by molar-refractivity contribution is -0.244. The van der Waals surface area contributed by atoms with E-state index in [9.17, 15) is 9.90 Å². The summed E-state index contributed by atoms with van der Waals surface area (Å²) < 4.78 is 15.3. The molecule has 1 aliphatic heterocycles. The number of ether oxygens (including phenoxy) is 3. The van der Waals surface area contributed by atoms with Gasteiger partial charge in [0.25, 0.3) is 0 Å². The number of rotatable bonds is 5. The highest BCUT2D eigenvalue weighted by atomic mass is 16.7. The molecule has 1 rings (SSSR count). The molecule has 0 bridgehead atoms. The fourth-order valence-corrected chi connectivity index (χ4v) is 1.61. The first-order valence-electron chi connectivity index (χ1n) is 5.92. The second-order valence-electron chi connectivity index (χ2n) is 3.87. The number of hydrogen-bond donors (Lipinski definition) is 1. The van der Waals surface area contributed by atoms with E-state index in [-0.39, 0.29) is 18.4 Å². The first kappa shape index (κ1) is 14.2. The van der Waals surface area contributed by atoms with Gasteiger partial charge in [-0.2, -0.15) is 0 Å². The summed E-state index contributed by atoms with van der Waals surface area (Å²) in [5.74, 6) is -0.339. The summed E-state index contributed by atoms with van der Waals surface area (Å²) in [5.41, 5.74) is 0. The molecule has 5 nitrogen and oxygen atoms in total. The third-order valence-electron chi connectivity index (χ3n) is 2.46. The zero-order valence-electron chi connectivity index (χ0n) is 10.3. The monoisotopic (exact) mass is 244 g/mol. The summed E-state index contributed by atoms with van der Waals surface area (Å²) in [6.45, 7) is 4.24. The maximum atomic E-state index is 11.0. The molecule has 0 aliphatic carbocycles. The highest BCUT2D eigenvalue weighted by molar-refractivity contribution is 5.81. The lowest BCUT2D eigenvalue weighted by Gasteiger charge is -2.32. The average molecular weight is 244 g/mol. The molecule has 5 heteroatoms. The largest absolute Gasteiger partial charge is 0.463 e. The highest BCUT2D eigenvalue weighted by Gasteiger charge is 2.27. The zero-order valence-corrected chi connectivity index (χ0v) is 10.3. The third kappa shape index (κ3) is 5.30. The molecule has 0 amide bonds. The van der Waals surface area contributed by atoms with E-state index < -0.39 is 6.10 Å². The van der Waals surface area contributed by atoms with E-state index in [1.165, 1.54) is 6.08 Å². The molecule has 98 valence electrons. The Morgan fingerprint density at radius 3 is 3.06 bits per heavy atom. The lowest BCUT2D eigenvalue weighted by Crippen LogP contribution is -2.42. The maximum Gasteiger partial charge on any atom is 0.330 e. The van der Waals surface area contributed by atoms with E-state index in [4.69, 9.17) is 14.2 Å². The van der Waals surface area contributed by atoms with Crippen molar-refractivity contribution in [1.82, 2.24) is 0 Å². The molecule has 0 aromatic rings. The molecule has 17 heavy (non-hydrogen) atoms. The van der Waals surface area contributed by atoms with Gasteiger partial charge in [0.1, 0.15) is 6.10 Å². The number of allylic oxidation sites excluding steroid dienone is 1. The van der Waals surface area contributed by atoms with Crippen molar-refractivity contribution in [3.8, 4) is 0 Å². The Kier molecular flexibility index (Phi) is 6.18. The summed E-state index contributed by atoms with van der Waals surface area (Å²) in [6.07, 6.45) is 3.34. The van der Waals surface area contributed by atoms with Crippen LogP contribution in [-0.4, -0.2) is 42.8 Å². The quantitative estimate of drug-likeness (QED) is 0.577. The van der Waals surface area contributed by atoms with Crippen LogP contribution in [0.1, 0.15) is 26.7 Å². The van der Waals surface area contributed by atoms with Crippen molar-refractivity contribution in [1.29, 1.82) is 0 Å². The predicted molar refractivity (Wildman–Crippen MR) is 61.3 cm³/mol. The van der Waals surface area contributed by atoms with Gasteiger partial charge in [-0.25, -0.2) is 4.79 Å². The summed E-state index contributed by atoms with van der Waals surface area (Å²) in [5, 5.41) is 9.61. The molecular weight excluding hydrogens is 224 g/mol. The zero-order chi connectivity index (χ0) is 12.7. The minimum Gasteiger partial charge on any atom is -0.463 e. The average Bonchev–Trinajstić information content (AvgIpc) is 2.29. The number of aliphatic hydroxyl groups excluding tert-OH is 1. The lowest BCUT2D eigenvalue weighted by atomic mass is 10.1. The molecule has 0 saturated carbocycles. The molecule has 1 saturated heterocycles. The van der Waals surface area contributed by atoms with Crippen LogP contribution < -0.4 is 0 Å². The van der Waals surface area contributed by atoms with Gasteiger partial charge in [0.2, 0.25) is 0 Å². The van der Waals surface area contributed by atoms with Crippen molar-refractivity contribution in [3.05, 3.63) is 12.2 Å². The molecule has 1 aliphatic rings. The summed E-state index contributed by atoms with van der Waals surface area (Å²) >= 11 is 0. The molecule has 0 radical (unpaired) electrons. The van der Waals surface area contributed by atoms with Crippen LogP contribution in [0.4, 0.5) is 0 Å². The van der Waals surface area contributed by atoms with E-state index in [1.807, 2.05) is 0 Å². The Morgan fingerprint density at radius 1 is 1.59 bits per heavy atom. The van der Waals surface area contributed by atoms with E-state index >= 15 is 0 Å². The first-order chi connectivity index (χ1) is 8.13. The van der Waals surface area contributed by atoms with Crippen LogP contribution in [0.25, 0.3) is 0 Å². The topological polar surface area (TPSA) is 65.0 Å². The van der Waals surface area contributed by atoms with Crippen molar-refractivity contribution in [2.24, 2.45) is 0 Å². The molecule has 0 unspecified atom stereocenters. The second-order valence-corrected chi connectivity index (χ2v) is 3.87. The Morgan fingerprint density at radius 2 is 2.35 bits per heavy atom. The molecule has 1 fully saturated rings. The Labute approximate surface area is 101 Å². The van der Waals surface area contributed by atoms with E-state index in [0.717, 1.165) is 0 Å². The van der Waals surface area contributed by atoms with Gasteiger partial charge in [-0.15, -0.1) is 0 Å². The Bertz CT molecular complexity index is 264. The van der Waals surface area contributed by atoms with Gasteiger partial charge in [0.05, 0.1) is 19.3 Å². The number of carbonyl (C=O) groups excluding carboxylic acids is 1. The standard InChI is InChI=1S/C12H20O5/c1-3-15-12(14)7-5-4-6-11-10(13)8-16-9(2)17-11/h5,7,9-11,13H,3-4,6,8H2,1-2H3/b7-5-/t9-,10+,11+/m0/s1. The summed E-state index contributed by atoms with van der Waals surface area (Å²) in [6, 6.07) is 0. The van der Waals surface area contributed by atoms with Gasteiger partial charge < -0.3 is 19.3 Å². The fraction of sp³-hybridized carbons (Fsp3) is 0.750. The molecular formula is C12H20O5. The summed E-state index contributed by atoms with van der Waals surface area (Å²) in [7, 11) is 0. The van der Waals surface area contributed by atoms with Crippen LogP contribution >= 0.6 is 0 Å². The summed E-state index contributed by atoms with van der Waals surface area (Å²) in [4.78, 5) is 11.0. The predicted octanol–water partition coefficient (Wildman–Crippen LogP) is 1.01. The fourth-order valence-electron chi connectivity index (χ4n) is 1.61.